The van der Waals surface area contributed by atoms with Gasteiger partial charge in [-0.1, -0.05) is 27.2 Å². The van der Waals surface area contributed by atoms with Crippen LogP contribution in [-0.4, -0.2) is 22.2 Å². The van der Waals surface area contributed by atoms with E-state index in [1.54, 1.807) is 13.8 Å². The summed E-state index contributed by atoms with van der Waals surface area (Å²) in [5.41, 5.74) is 0. The number of hydrogen-bond donors (Lipinski definition) is 2. The molecule has 0 rings (SSSR count). The molecule has 4 heteroatoms. The van der Waals surface area contributed by atoms with E-state index in [4.69, 9.17) is 10.2 Å². The van der Waals surface area contributed by atoms with Crippen molar-refractivity contribution in [2.75, 3.05) is 0 Å². The van der Waals surface area contributed by atoms with Crippen molar-refractivity contribution in [2.24, 2.45) is 5.92 Å². The Morgan fingerprint density at radius 3 is 1.69 bits per heavy atom. The molecule has 1 unspecified atom stereocenters. The summed E-state index contributed by atoms with van der Waals surface area (Å²) in [4.78, 5) is 19.5. The van der Waals surface area contributed by atoms with Gasteiger partial charge < -0.3 is 10.2 Å². The van der Waals surface area contributed by atoms with Crippen molar-refractivity contribution in [1.82, 2.24) is 0 Å². The molecule has 0 bridgehead atoms. The second-order valence-electron chi connectivity index (χ2n) is 2.78. The van der Waals surface area contributed by atoms with Gasteiger partial charge in [-0.2, -0.15) is 0 Å². The van der Waals surface area contributed by atoms with Gasteiger partial charge in [0.1, 0.15) is 0 Å². The smallest absolute Gasteiger partial charge is 0.306 e. The van der Waals surface area contributed by atoms with Crippen molar-refractivity contribution in [3.05, 3.63) is 0 Å². The second-order valence-corrected chi connectivity index (χ2v) is 2.78. The van der Waals surface area contributed by atoms with Crippen LogP contribution in [0.15, 0.2) is 0 Å². The summed E-state index contributed by atoms with van der Waals surface area (Å²) in [5, 5.41) is 16.0. The van der Waals surface area contributed by atoms with E-state index >= 15 is 0 Å². The van der Waals surface area contributed by atoms with Crippen molar-refractivity contribution in [3.63, 3.8) is 0 Å². The minimum Gasteiger partial charge on any atom is -0.481 e. The van der Waals surface area contributed by atoms with Gasteiger partial charge >= 0.3 is 11.9 Å². The summed E-state index contributed by atoms with van der Waals surface area (Å²) >= 11 is 0. The van der Waals surface area contributed by atoms with Crippen LogP contribution < -0.4 is 0 Å². The minimum absolute atomic E-state index is 0.167. The molecule has 0 saturated carbocycles. The van der Waals surface area contributed by atoms with Crippen LogP contribution in [0.5, 0.6) is 0 Å². The Hall–Kier alpha value is -1.06. The average molecular weight is 190 g/mol. The lowest BCUT2D eigenvalue weighted by Crippen LogP contribution is -2.08. The van der Waals surface area contributed by atoms with Crippen molar-refractivity contribution in [3.8, 4) is 0 Å². The molecule has 0 saturated heterocycles. The summed E-state index contributed by atoms with van der Waals surface area (Å²) in [5.74, 6) is -1.60. The lowest BCUT2D eigenvalue weighted by atomic mass is 10.1. The number of carboxylic acid groups (broad SMARTS) is 2. The molecule has 13 heavy (non-hydrogen) atoms. The third kappa shape index (κ3) is 13.9. The highest BCUT2D eigenvalue weighted by molar-refractivity contribution is 5.69. The maximum Gasteiger partial charge on any atom is 0.306 e. The first-order valence-electron chi connectivity index (χ1n) is 4.40. The Bertz CT molecular complexity index is 154. The Balaban J connectivity index is 0. The molecule has 0 aliphatic rings. The van der Waals surface area contributed by atoms with Crippen molar-refractivity contribution < 1.29 is 19.8 Å². The maximum absolute atomic E-state index is 10.1. The van der Waals surface area contributed by atoms with Gasteiger partial charge in [0.05, 0.1) is 5.92 Å². The van der Waals surface area contributed by atoms with E-state index < -0.39 is 11.9 Å². The Morgan fingerprint density at radius 1 is 1.23 bits per heavy atom. The summed E-state index contributed by atoms with van der Waals surface area (Å²) in [7, 11) is 0. The Morgan fingerprint density at radius 2 is 1.62 bits per heavy atom. The summed E-state index contributed by atoms with van der Waals surface area (Å²) in [6.45, 7) is 5.31. The molecule has 0 fully saturated rings. The van der Waals surface area contributed by atoms with Crippen molar-refractivity contribution in [2.45, 2.75) is 40.0 Å². The predicted molar refractivity (Wildman–Crippen MR) is 49.6 cm³/mol. The molecule has 0 aliphatic heterocycles. The number of carbonyl (C=O) groups is 2. The Labute approximate surface area is 78.6 Å². The molecule has 0 amide bonds. The van der Waals surface area contributed by atoms with Gasteiger partial charge in [0.2, 0.25) is 0 Å². The average Bonchev–Trinajstić information content (AvgIpc) is 2.06. The first-order valence-corrected chi connectivity index (χ1v) is 4.40. The number of rotatable bonds is 4. The van der Waals surface area contributed by atoms with Crippen LogP contribution in [0.2, 0.25) is 0 Å². The van der Waals surface area contributed by atoms with Gasteiger partial charge in [0.15, 0.2) is 0 Å². The molecule has 0 aliphatic carbocycles. The number of carboxylic acids is 2. The van der Waals surface area contributed by atoms with Crippen molar-refractivity contribution in [1.29, 1.82) is 0 Å². The molecular weight excluding hydrogens is 172 g/mol. The topological polar surface area (TPSA) is 74.6 Å². The quantitative estimate of drug-likeness (QED) is 0.710. The van der Waals surface area contributed by atoms with Gasteiger partial charge in [-0.3, -0.25) is 9.59 Å². The molecule has 0 aromatic carbocycles. The van der Waals surface area contributed by atoms with E-state index in [1.165, 1.54) is 0 Å². The van der Waals surface area contributed by atoms with Gasteiger partial charge in [-0.05, 0) is 6.42 Å². The molecular formula is C9H18O4. The fourth-order valence-electron chi connectivity index (χ4n) is 0.556. The first kappa shape index (κ1) is 14.5. The molecule has 2 N–H and O–H groups in total. The summed E-state index contributed by atoms with van der Waals surface area (Å²) in [6.07, 6.45) is 1.96. The zero-order valence-corrected chi connectivity index (χ0v) is 8.41. The lowest BCUT2D eigenvalue weighted by molar-refractivity contribution is -0.141. The van der Waals surface area contributed by atoms with Crippen LogP contribution in [0.4, 0.5) is 0 Å². The maximum atomic E-state index is 10.1. The highest BCUT2D eigenvalue weighted by atomic mass is 16.4. The van der Waals surface area contributed by atoms with Gasteiger partial charge in [0.25, 0.3) is 0 Å². The van der Waals surface area contributed by atoms with E-state index in [2.05, 4.69) is 0 Å². The van der Waals surface area contributed by atoms with Crippen LogP contribution in [0.3, 0.4) is 0 Å². The standard InChI is InChI=1S/C6H12O2.C3H6O2/c1-3-4-5(2)6(7)8;1-2-3(4)5/h5H,3-4H2,1-2H3,(H,7,8);2H2,1H3,(H,4,5). The van der Waals surface area contributed by atoms with Gasteiger partial charge in [0, 0.05) is 6.42 Å². The molecule has 78 valence electrons. The third-order valence-corrected chi connectivity index (χ3v) is 1.45. The molecule has 0 spiro atoms. The SMILES string of the molecule is CCC(=O)O.CCCC(C)C(=O)O. The van der Waals surface area contributed by atoms with Gasteiger partial charge in [-0.25, -0.2) is 0 Å². The second kappa shape index (κ2) is 9.03. The van der Waals surface area contributed by atoms with E-state index in [9.17, 15) is 9.59 Å². The van der Waals surface area contributed by atoms with Crippen LogP contribution in [0.25, 0.3) is 0 Å². The predicted octanol–water partition coefficient (Wildman–Crippen LogP) is 1.99. The van der Waals surface area contributed by atoms with E-state index in [0.717, 1.165) is 12.8 Å². The molecule has 1 atom stereocenters. The van der Waals surface area contributed by atoms with E-state index in [1.807, 2.05) is 6.92 Å². The van der Waals surface area contributed by atoms with Gasteiger partial charge in [-0.15, -0.1) is 0 Å². The van der Waals surface area contributed by atoms with Crippen LogP contribution >= 0.6 is 0 Å². The van der Waals surface area contributed by atoms with Crippen LogP contribution in [0.1, 0.15) is 40.0 Å². The lowest BCUT2D eigenvalue weighted by Gasteiger charge is -2.00. The van der Waals surface area contributed by atoms with Crippen LogP contribution in [-0.2, 0) is 9.59 Å². The summed E-state index contributed by atoms with van der Waals surface area (Å²) < 4.78 is 0. The van der Waals surface area contributed by atoms with E-state index in [-0.39, 0.29) is 12.3 Å². The molecule has 0 heterocycles. The number of hydrogen-bond acceptors (Lipinski definition) is 2. The fourth-order valence-corrected chi connectivity index (χ4v) is 0.556. The molecule has 0 aromatic rings. The zero-order valence-electron chi connectivity index (χ0n) is 8.41. The first-order chi connectivity index (χ1) is 5.95. The Kier molecular flexibility index (Phi) is 10.0. The highest BCUT2D eigenvalue weighted by Crippen LogP contribution is 2.03. The third-order valence-electron chi connectivity index (χ3n) is 1.45. The van der Waals surface area contributed by atoms with Crippen LogP contribution in [0, 0.1) is 5.92 Å². The monoisotopic (exact) mass is 190 g/mol. The molecule has 0 aromatic heterocycles. The van der Waals surface area contributed by atoms with E-state index in [0.29, 0.717) is 0 Å². The largest absolute Gasteiger partial charge is 0.481 e. The van der Waals surface area contributed by atoms with Crippen molar-refractivity contribution >= 4 is 11.9 Å². The zero-order chi connectivity index (χ0) is 10.9. The normalized spacial score (nSPS) is 11.0. The fraction of sp³-hybridized carbons (Fsp3) is 0.778. The number of aliphatic carboxylic acids is 2. The highest BCUT2D eigenvalue weighted by Gasteiger charge is 2.07. The minimum atomic E-state index is -0.745. The molecule has 4 nitrogen and oxygen atoms in total. The summed E-state index contributed by atoms with van der Waals surface area (Å²) in [6, 6.07) is 0. The molecule has 0 radical (unpaired) electrons.